The normalized spacial score (nSPS) is 10.1. The maximum atomic E-state index is 11.3. The van der Waals surface area contributed by atoms with Crippen molar-refractivity contribution in [2.24, 2.45) is 0 Å². The summed E-state index contributed by atoms with van der Waals surface area (Å²) in [7, 11) is 0. The van der Waals surface area contributed by atoms with E-state index in [1.807, 2.05) is 17.8 Å². The number of hydrogen-bond donors (Lipinski definition) is 2. The molecule has 0 unspecified atom stereocenters. The molecule has 1 aromatic heterocycles. The Bertz CT molecular complexity index is 322. The van der Waals surface area contributed by atoms with Crippen LogP contribution in [0.4, 0.5) is 4.79 Å². The lowest BCUT2D eigenvalue weighted by Gasteiger charge is -2.05. The van der Waals surface area contributed by atoms with Gasteiger partial charge in [0.05, 0.1) is 6.20 Å². The van der Waals surface area contributed by atoms with Crippen LogP contribution in [0.5, 0.6) is 0 Å². The van der Waals surface area contributed by atoms with Gasteiger partial charge in [0.1, 0.15) is 0 Å². The van der Waals surface area contributed by atoms with E-state index < -0.39 is 0 Å². The van der Waals surface area contributed by atoms with Gasteiger partial charge in [0, 0.05) is 31.4 Å². The Balaban J connectivity index is 2.20. The van der Waals surface area contributed by atoms with Gasteiger partial charge >= 0.3 is 6.03 Å². The number of nitrogens with zero attached hydrogens (tertiary/aromatic N) is 2. The molecule has 2 amide bonds. The molecule has 0 saturated heterocycles. The van der Waals surface area contributed by atoms with Crippen LogP contribution in [0, 0.1) is 0 Å². The van der Waals surface area contributed by atoms with Crippen molar-refractivity contribution in [3.05, 3.63) is 18.0 Å². The van der Waals surface area contributed by atoms with Gasteiger partial charge in [0.25, 0.3) is 0 Å². The summed E-state index contributed by atoms with van der Waals surface area (Å²) >= 11 is 0. The molecule has 0 spiro atoms. The van der Waals surface area contributed by atoms with E-state index in [2.05, 4.69) is 22.7 Å². The molecule has 0 fully saturated rings. The summed E-state index contributed by atoms with van der Waals surface area (Å²) in [6.45, 7) is 6.23. The van der Waals surface area contributed by atoms with E-state index in [4.69, 9.17) is 0 Å². The molecule has 5 heteroatoms. The van der Waals surface area contributed by atoms with Crippen molar-refractivity contribution >= 4 is 6.03 Å². The summed E-state index contributed by atoms with van der Waals surface area (Å²) in [5.74, 6) is 0. The Labute approximate surface area is 96.2 Å². The number of carbonyl (C=O) groups is 1. The van der Waals surface area contributed by atoms with Gasteiger partial charge in [-0.3, -0.25) is 4.68 Å². The molecule has 0 bridgehead atoms. The molecule has 0 radical (unpaired) electrons. The molecule has 90 valence electrons. The molecule has 1 aromatic rings. The minimum atomic E-state index is -0.113. The molecule has 0 atom stereocenters. The quantitative estimate of drug-likeness (QED) is 0.719. The van der Waals surface area contributed by atoms with Crippen LogP contribution in [-0.2, 0) is 13.1 Å². The second-order valence-electron chi connectivity index (χ2n) is 3.67. The minimum Gasteiger partial charge on any atom is -0.338 e. The van der Waals surface area contributed by atoms with Crippen molar-refractivity contribution < 1.29 is 4.79 Å². The second-order valence-corrected chi connectivity index (χ2v) is 3.67. The van der Waals surface area contributed by atoms with Gasteiger partial charge in [-0.1, -0.05) is 13.3 Å². The Hall–Kier alpha value is -1.52. The lowest BCUT2D eigenvalue weighted by atomic mass is 10.3. The van der Waals surface area contributed by atoms with Gasteiger partial charge < -0.3 is 10.6 Å². The SMILES string of the molecule is CCCCNC(=O)NCc1cnn(CC)c1. The highest BCUT2D eigenvalue weighted by atomic mass is 16.2. The summed E-state index contributed by atoms with van der Waals surface area (Å²) in [6, 6.07) is -0.113. The summed E-state index contributed by atoms with van der Waals surface area (Å²) in [4.78, 5) is 11.3. The molecule has 16 heavy (non-hydrogen) atoms. The van der Waals surface area contributed by atoms with E-state index in [1.54, 1.807) is 6.20 Å². The van der Waals surface area contributed by atoms with Crippen LogP contribution in [0.25, 0.3) is 0 Å². The minimum absolute atomic E-state index is 0.113. The fourth-order valence-corrected chi connectivity index (χ4v) is 1.29. The number of hydrogen-bond acceptors (Lipinski definition) is 2. The second kappa shape index (κ2) is 6.87. The standard InChI is InChI=1S/C11H20N4O/c1-3-5-6-12-11(16)13-7-10-8-14-15(4-2)9-10/h8-9H,3-7H2,1-2H3,(H2,12,13,16). The van der Waals surface area contributed by atoms with Crippen molar-refractivity contribution in [1.82, 2.24) is 20.4 Å². The zero-order valence-electron chi connectivity index (χ0n) is 9.99. The zero-order valence-corrected chi connectivity index (χ0v) is 9.99. The van der Waals surface area contributed by atoms with Crippen molar-refractivity contribution in [2.75, 3.05) is 6.54 Å². The van der Waals surface area contributed by atoms with Crippen molar-refractivity contribution in [3.63, 3.8) is 0 Å². The number of carbonyl (C=O) groups excluding carboxylic acids is 1. The highest BCUT2D eigenvalue weighted by Gasteiger charge is 2.01. The Morgan fingerprint density at radius 3 is 2.88 bits per heavy atom. The third-order valence-corrected chi connectivity index (χ3v) is 2.28. The average molecular weight is 224 g/mol. The van der Waals surface area contributed by atoms with Crippen LogP contribution in [0.15, 0.2) is 12.4 Å². The fourth-order valence-electron chi connectivity index (χ4n) is 1.29. The molecule has 0 aliphatic carbocycles. The monoisotopic (exact) mass is 224 g/mol. The van der Waals surface area contributed by atoms with Crippen molar-refractivity contribution in [2.45, 2.75) is 39.8 Å². The number of aromatic nitrogens is 2. The first-order valence-corrected chi connectivity index (χ1v) is 5.79. The van der Waals surface area contributed by atoms with Crippen molar-refractivity contribution in [1.29, 1.82) is 0 Å². The molecule has 0 saturated carbocycles. The lowest BCUT2D eigenvalue weighted by Crippen LogP contribution is -2.35. The Morgan fingerprint density at radius 2 is 2.25 bits per heavy atom. The van der Waals surface area contributed by atoms with Gasteiger partial charge in [0.15, 0.2) is 0 Å². The van der Waals surface area contributed by atoms with Crippen LogP contribution in [-0.4, -0.2) is 22.4 Å². The number of amides is 2. The van der Waals surface area contributed by atoms with E-state index in [0.717, 1.165) is 31.5 Å². The third-order valence-electron chi connectivity index (χ3n) is 2.28. The number of urea groups is 1. The van der Waals surface area contributed by atoms with E-state index in [-0.39, 0.29) is 6.03 Å². The molecule has 5 nitrogen and oxygen atoms in total. The van der Waals surface area contributed by atoms with Gasteiger partial charge in [-0.25, -0.2) is 4.79 Å². The first-order valence-electron chi connectivity index (χ1n) is 5.79. The van der Waals surface area contributed by atoms with Crippen LogP contribution in [0.3, 0.4) is 0 Å². The molecular formula is C11H20N4O. The van der Waals surface area contributed by atoms with E-state index in [9.17, 15) is 4.79 Å². The summed E-state index contributed by atoms with van der Waals surface area (Å²) in [5, 5.41) is 9.72. The predicted octanol–water partition coefficient (Wildman–Crippen LogP) is 1.50. The zero-order chi connectivity index (χ0) is 11.8. The first kappa shape index (κ1) is 12.5. The number of unbranched alkanes of at least 4 members (excludes halogenated alkanes) is 1. The number of rotatable bonds is 6. The van der Waals surface area contributed by atoms with Crippen LogP contribution < -0.4 is 10.6 Å². The van der Waals surface area contributed by atoms with E-state index in [1.165, 1.54) is 0 Å². The summed E-state index contributed by atoms with van der Waals surface area (Å²) in [6.07, 6.45) is 5.81. The third kappa shape index (κ3) is 4.33. The van der Waals surface area contributed by atoms with Gasteiger partial charge in [-0.05, 0) is 13.3 Å². The van der Waals surface area contributed by atoms with Gasteiger partial charge in [-0.2, -0.15) is 5.10 Å². The Morgan fingerprint density at radius 1 is 1.44 bits per heavy atom. The van der Waals surface area contributed by atoms with E-state index >= 15 is 0 Å². The summed E-state index contributed by atoms with van der Waals surface area (Å²) < 4.78 is 1.84. The topological polar surface area (TPSA) is 59.0 Å². The molecule has 0 aliphatic rings. The molecule has 0 aromatic carbocycles. The number of aryl methyl sites for hydroxylation is 1. The fraction of sp³-hybridized carbons (Fsp3) is 0.636. The molecular weight excluding hydrogens is 204 g/mol. The molecule has 0 aliphatic heterocycles. The average Bonchev–Trinajstić information content (AvgIpc) is 2.74. The van der Waals surface area contributed by atoms with E-state index in [0.29, 0.717) is 6.54 Å². The van der Waals surface area contributed by atoms with Crippen LogP contribution in [0.2, 0.25) is 0 Å². The largest absolute Gasteiger partial charge is 0.338 e. The van der Waals surface area contributed by atoms with Crippen LogP contribution in [0.1, 0.15) is 32.3 Å². The molecule has 1 rings (SSSR count). The predicted molar refractivity (Wildman–Crippen MR) is 63.0 cm³/mol. The van der Waals surface area contributed by atoms with Crippen molar-refractivity contribution in [3.8, 4) is 0 Å². The maximum Gasteiger partial charge on any atom is 0.315 e. The molecule has 1 heterocycles. The smallest absolute Gasteiger partial charge is 0.315 e. The number of nitrogens with one attached hydrogen (secondary N) is 2. The van der Waals surface area contributed by atoms with Gasteiger partial charge in [0.2, 0.25) is 0 Å². The van der Waals surface area contributed by atoms with Gasteiger partial charge in [-0.15, -0.1) is 0 Å². The molecule has 2 N–H and O–H groups in total. The Kier molecular flexibility index (Phi) is 5.39. The lowest BCUT2D eigenvalue weighted by molar-refractivity contribution is 0.240. The highest BCUT2D eigenvalue weighted by Crippen LogP contribution is 1.96. The first-order chi connectivity index (χ1) is 7.76. The highest BCUT2D eigenvalue weighted by molar-refractivity contribution is 5.73. The summed E-state index contributed by atoms with van der Waals surface area (Å²) in [5.41, 5.74) is 1.02. The van der Waals surface area contributed by atoms with Crippen LogP contribution >= 0.6 is 0 Å². The maximum absolute atomic E-state index is 11.3.